The van der Waals surface area contributed by atoms with E-state index in [1.165, 1.54) is 26.4 Å². The molecule has 0 bridgehead atoms. The number of benzene rings is 2. The van der Waals surface area contributed by atoms with Crippen molar-refractivity contribution in [2.75, 3.05) is 14.2 Å². The Kier molecular flexibility index (Phi) is 5.95. The maximum atomic E-state index is 13.1. The van der Waals surface area contributed by atoms with Gasteiger partial charge in [-0.15, -0.1) is 0 Å². The minimum absolute atomic E-state index is 0.000308. The second kappa shape index (κ2) is 8.85. The maximum Gasteiger partial charge on any atom is 0.262 e. The van der Waals surface area contributed by atoms with E-state index in [-0.39, 0.29) is 42.7 Å². The fraction of sp³-hybridized carbons (Fsp3) is 0.292. The molecule has 9 nitrogen and oxygen atoms in total. The zero-order valence-corrected chi connectivity index (χ0v) is 18.2. The standard InChI is InChI=1S/C24H22N2O7/c1-32-19-9-6-13(10-20(19)33-2)22(29)25-12-14-4-3-5-16-21(14)24(31)26(23(16)30)17-8-7-15(27)11-18(17)28/h3-6,9-10,17H,7-8,11-12H2,1-2H3,(H,25,29). The van der Waals surface area contributed by atoms with Crippen LogP contribution in [0.5, 0.6) is 11.5 Å². The molecule has 2 aromatic rings. The average Bonchev–Trinajstić information content (AvgIpc) is 3.07. The van der Waals surface area contributed by atoms with E-state index in [4.69, 9.17) is 9.47 Å². The van der Waals surface area contributed by atoms with Crippen LogP contribution in [0.3, 0.4) is 0 Å². The summed E-state index contributed by atoms with van der Waals surface area (Å²) in [7, 11) is 2.96. The Labute approximate surface area is 189 Å². The van der Waals surface area contributed by atoms with Gasteiger partial charge in [-0.3, -0.25) is 28.9 Å². The number of ether oxygens (including phenoxy) is 2. The summed E-state index contributed by atoms with van der Waals surface area (Å²) >= 11 is 0. The van der Waals surface area contributed by atoms with Gasteiger partial charge in [-0.25, -0.2) is 0 Å². The molecule has 0 saturated heterocycles. The minimum atomic E-state index is -0.940. The summed E-state index contributed by atoms with van der Waals surface area (Å²) in [5.41, 5.74) is 1.14. The fourth-order valence-corrected chi connectivity index (χ4v) is 4.19. The number of Topliss-reactive ketones (excluding diaryl/α,β-unsaturated/α-hetero) is 2. The van der Waals surface area contributed by atoms with Crippen LogP contribution in [0.1, 0.15) is 55.9 Å². The van der Waals surface area contributed by atoms with Crippen molar-refractivity contribution >= 4 is 29.3 Å². The molecular weight excluding hydrogens is 428 g/mol. The molecule has 1 fully saturated rings. The van der Waals surface area contributed by atoms with E-state index in [1.807, 2.05) is 0 Å². The zero-order valence-electron chi connectivity index (χ0n) is 18.2. The summed E-state index contributed by atoms with van der Waals surface area (Å²) < 4.78 is 10.4. The van der Waals surface area contributed by atoms with Gasteiger partial charge in [0.1, 0.15) is 5.78 Å². The molecule has 1 atom stereocenters. The number of ketones is 2. The molecular formula is C24H22N2O7. The van der Waals surface area contributed by atoms with Crippen LogP contribution in [-0.4, -0.2) is 54.4 Å². The van der Waals surface area contributed by atoms with Gasteiger partial charge in [-0.1, -0.05) is 12.1 Å². The summed E-state index contributed by atoms with van der Waals surface area (Å²) in [6.45, 7) is 0.000308. The Morgan fingerprint density at radius 1 is 1.03 bits per heavy atom. The molecule has 9 heteroatoms. The smallest absolute Gasteiger partial charge is 0.262 e. The predicted octanol–water partition coefficient (Wildman–Crippen LogP) is 1.92. The summed E-state index contributed by atoms with van der Waals surface area (Å²) in [6.07, 6.45) is 0.0128. The van der Waals surface area contributed by atoms with Crippen molar-refractivity contribution in [3.8, 4) is 11.5 Å². The number of rotatable bonds is 6. The summed E-state index contributed by atoms with van der Waals surface area (Å²) in [6, 6.07) is 8.58. The van der Waals surface area contributed by atoms with E-state index < -0.39 is 29.5 Å². The Hall–Kier alpha value is -4.01. The van der Waals surface area contributed by atoms with Gasteiger partial charge in [0, 0.05) is 18.5 Å². The highest BCUT2D eigenvalue weighted by molar-refractivity contribution is 6.24. The van der Waals surface area contributed by atoms with Crippen molar-refractivity contribution in [2.24, 2.45) is 0 Å². The van der Waals surface area contributed by atoms with Crippen molar-refractivity contribution in [1.82, 2.24) is 10.2 Å². The number of fused-ring (bicyclic) bond motifs is 1. The average molecular weight is 450 g/mol. The largest absolute Gasteiger partial charge is 0.493 e. The van der Waals surface area contributed by atoms with Crippen molar-refractivity contribution < 1.29 is 33.4 Å². The minimum Gasteiger partial charge on any atom is -0.493 e. The number of nitrogens with zero attached hydrogens (tertiary/aromatic N) is 1. The molecule has 1 N–H and O–H groups in total. The van der Waals surface area contributed by atoms with Crippen molar-refractivity contribution in [2.45, 2.75) is 31.8 Å². The van der Waals surface area contributed by atoms with E-state index in [0.717, 1.165) is 4.90 Å². The Bertz CT molecular complexity index is 1190. The van der Waals surface area contributed by atoms with Crippen LogP contribution in [0.2, 0.25) is 0 Å². The van der Waals surface area contributed by atoms with Gasteiger partial charge in [0.2, 0.25) is 0 Å². The quantitative estimate of drug-likeness (QED) is 0.527. The molecule has 33 heavy (non-hydrogen) atoms. The molecule has 2 aliphatic rings. The molecule has 1 saturated carbocycles. The molecule has 2 aromatic carbocycles. The first-order valence-electron chi connectivity index (χ1n) is 10.4. The van der Waals surface area contributed by atoms with Crippen LogP contribution in [0.15, 0.2) is 36.4 Å². The third-order valence-corrected chi connectivity index (χ3v) is 5.87. The monoisotopic (exact) mass is 450 g/mol. The van der Waals surface area contributed by atoms with Crippen LogP contribution >= 0.6 is 0 Å². The number of hydrogen-bond acceptors (Lipinski definition) is 7. The molecule has 1 unspecified atom stereocenters. The lowest BCUT2D eigenvalue weighted by molar-refractivity contribution is -0.132. The van der Waals surface area contributed by atoms with E-state index in [2.05, 4.69) is 5.32 Å². The van der Waals surface area contributed by atoms with E-state index >= 15 is 0 Å². The number of carbonyl (C=O) groups is 5. The van der Waals surface area contributed by atoms with Gasteiger partial charge < -0.3 is 14.8 Å². The maximum absolute atomic E-state index is 13.1. The highest BCUT2D eigenvalue weighted by atomic mass is 16.5. The zero-order chi connectivity index (χ0) is 23.7. The number of carbonyl (C=O) groups excluding carboxylic acids is 5. The van der Waals surface area contributed by atoms with Gasteiger partial charge in [0.25, 0.3) is 17.7 Å². The third-order valence-electron chi connectivity index (χ3n) is 5.87. The van der Waals surface area contributed by atoms with Gasteiger partial charge in [0.05, 0.1) is 37.8 Å². The number of methoxy groups -OCH3 is 2. The molecule has 0 radical (unpaired) electrons. The molecule has 0 spiro atoms. The van der Waals surface area contributed by atoms with E-state index in [1.54, 1.807) is 24.3 Å². The van der Waals surface area contributed by atoms with Gasteiger partial charge >= 0.3 is 0 Å². The molecule has 1 aliphatic heterocycles. The van der Waals surface area contributed by atoms with Crippen LogP contribution < -0.4 is 14.8 Å². The first-order valence-corrected chi connectivity index (χ1v) is 10.4. The highest BCUT2D eigenvalue weighted by Gasteiger charge is 2.45. The molecule has 1 aliphatic carbocycles. The SMILES string of the molecule is COc1ccc(C(=O)NCc2cccc3c2C(=O)N(C2CCC(=O)CC2=O)C3=O)cc1OC. The normalized spacial score (nSPS) is 17.8. The summed E-state index contributed by atoms with van der Waals surface area (Å²) in [5.74, 6) is -1.27. The third kappa shape index (κ3) is 3.97. The van der Waals surface area contributed by atoms with Crippen LogP contribution in [0.25, 0.3) is 0 Å². The van der Waals surface area contributed by atoms with Gasteiger partial charge in [-0.05, 0) is 36.2 Å². The first kappa shape index (κ1) is 22.2. The molecule has 4 rings (SSSR count). The number of amides is 3. The van der Waals surface area contributed by atoms with E-state index in [9.17, 15) is 24.0 Å². The Morgan fingerprint density at radius 3 is 2.48 bits per heavy atom. The molecule has 170 valence electrons. The second-order valence-corrected chi connectivity index (χ2v) is 7.81. The summed E-state index contributed by atoms with van der Waals surface area (Å²) in [5, 5.41) is 2.75. The lowest BCUT2D eigenvalue weighted by Gasteiger charge is -2.27. The predicted molar refractivity (Wildman–Crippen MR) is 115 cm³/mol. The summed E-state index contributed by atoms with van der Waals surface area (Å²) in [4.78, 5) is 63.6. The Morgan fingerprint density at radius 2 is 1.79 bits per heavy atom. The van der Waals surface area contributed by atoms with Crippen LogP contribution in [-0.2, 0) is 16.1 Å². The number of hydrogen-bond donors (Lipinski definition) is 1. The van der Waals surface area contributed by atoms with Crippen molar-refractivity contribution in [3.63, 3.8) is 0 Å². The second-order valence-electron chi connectivity index (χ2n) is 7.81. The van der Waals surface area contributed by atoms with Crippen LogP contribution in [0, 0.1) is 0 Å². The van der Waals surface area contributed by atoms with Crippen molar-refractivity contribution in [3.05, 3.63) is 58.7 Å². The fourth-order valence-electron chi connectivity index (χ4n) is 4.19. The topological polar surface area (TPSA) is 119 Å². The molecule has 3 amide bonds. The van der Waals surface area contributed by atoms with Gasteiger partial charge in [-0.2, -0.15) is 0 Å². The van der Waals surface area contributed by atoms with Crippen molar-refractivity contribution in [1.29, 1.82) is 0 Å². The molecule has 1 heterocycles. The number of imide groups is 1. The molecule has 0 aromatic heterocycles. The van der Waals surface area contributed by atoms with E-state index in [0.29, 0.717) is 22.6 Å². The lowest BCUT2D eigenvalue weighted by Crippen LogP contribution is -2.47. The number of nitrogens with one attached hydrogen (secondary N) is 1. The first-order chi connectivity index (χ1) is 15.8. The highest BCUT2D eigenvalue weighted by Crippen LogP contribution is 2.31. The Balaban J connectivity index is 1.54. The van der Waals surface area contributed by atoms with Gasteiger partial charge in [0.15, 0.2) is 17.3 Å². The lowest BCUT2D eigenvalue weighted by atomic mass is 9.92. The van der Waals surface area contributed by atoms with Crippen LogP contribution in [0.4, 0.5) is 0 Å².